The summed E-state index contributed by atoms with van der Waals surface area (Å²) in [5.74, 6) is 1.48. The van der Waals surface area contributed by atoms with Gasteiger partial charge in [-0.15, -0.1) is 11.6 Å². The summed E-state index contributed by atoms with van der Waals surface area (Å²) in [4.78, 5) is 24.6. The van der Waals surface area contributed by atoms with E-state index in [0.29, 0.717) is 18.3 Å². The Bertz CT molecular complexity index is 493. The Morgan fingerprint density at radius 2 is 1.95 bits per heavy atom. The summed E-state index contributed by atoms with van der Waals surface area (Å²) in [6, 6.07) is -0.00530. The zero-order chi connectivity index (χ0) is 15.4. The van der Waals surface area contributed by atoms with Crippen molar-refractivity contribution in [2.45, 2.75) is 68.7 Å². The lowest BCUT2D eigenvalue weighted by Gasteiger charge is -2.59. The van der Waals surface area contributed by atoms with E-state index < -0.39 is 0 Å². The largest absolute Gasteiger partial charge is 0.356 e. The molecule has 4 saturated carbocycles. The summed E-state index contributed by atoms with van der Waals surface area (Å²) in [6.45, 7) is 0.727. The molecule has 0 aromatic heterocycles. The molecule has 2 unspecified atom stereocenters. The zero-order valence-electron chi connectivity index (χ0n) is 13.0. The van der Waals surface area contributed by atoms with Crippen molar-refractivity contribution in [3.8, 4) is 0 Å². The average molecular weight is 325 g/mol. The van der Waals surface area contributed by atoms with E-state index in [1.165, 1.54) is 6.42 Å². The van der Waals surface area contributed by atoms with E-state index in [1.54, 1.807) is 0 Å². The van der Waals surface area contributed by atoms with E-state index in [4.69, 9.17) is 11.6 Å². The standard InChI is InChI=1S/C17H25ClN2O2/c18-17-8-11-4-12(9-17)7-16(6-11,10-17)15(22)20-13-2-1-3-19-14(21)5-13/h11-13H,1-10H2,(H,19,21)(H,20,22)/t11?,12?,13-,16?,17?/m0/s1. The molecule has 0 radical (unpaired) electrons. The quantitative estimate of drug-likeness (QED) is 0.766. The van der Waals surface area contributed by atoms with Crippen molar-refractivity contribution in [3.05, 3.63) is 0 Å². The maximum atomic E-state index is 13.0. The smallest absolute Gasteiger partial charge is 0.226 e. The highest BCUT2D eigenvalue weighted by Crippen LogP contribution is 2.63. The number of amides is 2. The van der Waals surface area contributed by atoms with Gasteiger partial charge in [-0.1, -0.05) is 0 Å². The highest BCUT2D eigenvalue weighted by molar-refractivity contribution is 6.24. The first-order valence-corrected chi connectivity index (χ1v) is 9.11. The number of nitrogens with one attached hydrogen (secondary N) is 2. The van der Waals surface area contributed by atoms with Gasteiger partial charge in [-0.3, -0.25) is 9.59 Å². The summed E-state index contributed by atoms with van der Waals surface area (Å²) in [6.07, 6.45) is 8.52. The number of carbonyl (C=O) groups excluding carboxylic acids is 2. The highest BCUT2D eigenvalue weighted by Gasteiger charge is 2.60. The minimum absolute atomic E-state index is 0.00530. The van der Waals surface area contributed by atoms with Gasteiger partial charge in [0.25, 0.3) is 0 Å². The third kappa shape index (κ3) is 2.53. The van der Waals surface area contributed by atoms with Gasteiger partial charge in [0.1, 0.15) is 0 Å². The molecule has 0 aromatic carbocycles. The number of halogens is 1. The normalized spacial score (nSPS) is 47.0. The lowest BCUT2D eigenvalue weighted by atomic mass is 9.49. The van der Waals surface area contributed by atoms with Crippen molar-refractivity contribution in [2.24, 2.45) is 17.3 Å². The van der Waals surface area contributed by atoms with E-state index in [-0.39, 0.29) is 28.1 Å². The van der Waals surface area contributed by atoms with E-state index in [9.17, 15) is 9.59 Å². The number of hydrogen-bond acceptors (Lipinski definition) is 2. The van der Waals surface area contributed by atoms with Gasteiger partial charge in [0.15, 0.2) is 0 Å². The predicted octanol–water partition coefficient (Wildman–Crippen LogP) is 2.35. The topological polar surface area (TPSA) is 58.2 Å². The molecule has 1 aliphatic heterocycles. The fourth-order valence-corrected chi connectivity index (χ4v) is 6.54. The molecule has 2 amide bonds. The molecule has 1 saturated heterocycles. The molecule has 0 spiro atoms. The fourth-order valence-electron chi connectivity index (χ4n) is 5.85. The molecule has 3 atom stereocenters. The van der Waals surface area contributed by atoms with Gasteiger partial charge in [0.05, 0.1) is 5.41 Å². The molecule has 4 bridgehead atoms. The van der Waals surface area contributed by atoms with Crippen molar-refractivity contribution in [1.82, 2.24) is 10.6 Å². The lowest BCUT2D eigenvalue weighted by Crippen LogP contribution is -2.59. The first-order valence-electron chi connectivity index (χ1n) is 8.73. The summed E-state index contributed by atoms with van der Waals surface area (Å²) in [5, 5.41) is 6.08. The van der Waals surface area contributed by atoms with Crippen LogP contribution in [0.4, 0.5) is 0 Å². The fraction of sp³-hybridized carbons (Fsp3) is 0.882. The van der Waals surface area contributed by atoms with Gasteiger partial charge in [-0.25, -0.2) is 0 Å². The van der Waals surface area contributed by atoms with Crippen molar-refractivity contribution in [2.75, 3.05) is 6.54 Å². The summed E-state index contributed by atoms with van der Waals surface area (Å²) in [7, 11) is 0. The van der Waals surface area contributed by atoms with Gasteiger partial charge in [-0.2, -0.15) is 0 Å². The van der Waals surface area contributed by atoms with Crippen LogP contribution < -0.4 is 10.6 Å². The van der Waals surface area contributed by atoms with E-state index in [1.807, 2.05) is 0 Å². The van der Waals surface area contributed by atoms with E-state index in [0.717, 1.165) is 51.5 Å². The van der Waals surface area contributed by atoms with Crippen LogP contribution in [0, 0.1) is 17.3 Å². The van der Waals surface area contributed by atoms with E-state index in [2.05, 4.69) is 10.6 Å². The molecule has 5 fully saturated rings. The molecule has 5 rings (SSSR count). The molecule has 22 heavy (non-hydrogen) atoms. The molecule has 0 aromatic rings. The Morgan fingerprint density at radius 1 is 1.23 bits per heavy atom. The molecule has 5 aliphatic rings. The Kier molecular flexibility index (Phi) is 3.44. The number of alkyl halides is 1. The van der Waals surface area contributed by atoms with Gasteiger partial charge in [0.2, 0.25) is 11.8 Å². The van der Waals surface area contributed by atoms with Gasteiger partial charge in [-0.05, 0) is 63.2 Å². The van der Waals surface area contributed by atoms with Crippen molar-refractivity contribution >= 4 is 23.4 Å². The second-order valence-corrected chi connectivity index (χ2v) is 9.06. The van der Waals surface area contributed by atoms with Crippen LogP contribution in [0.5, 0.6) is 0 Å². The predicted molar refractivity (Wildman–Crippen MR) is 84.5 cm³/mol. The second-order valence-electron chi connectivity index (χ2n) is 8.26. The van der Waals surface area contributed by atoms with Crippen LogP contribution >= 0.6 is 11.6 Å². The van der Waals surface area contributed by atoms with Gasteiger partial charge in [0, 0.05) is 23.9 Å². The number of hydrogen-bond donors (Lipinski definition) is 2. The first kappa shape index (κ1) is 14.8. The van der Waals surface area contributed by atoms with Crippen LogP contribution in [-0.4, -0.2) is 29.3 Å². The third-order valence-corrected chi connectivity index (χ3v) is 6.73. The van der Waals surface area contributed by atoms with Crippen molar-refractivity contribution < 1.29 is 9.59 Å². The molecular formula is C17H25ClN2O2. The molecule has 122 valence electrons. The molecule has 2 N–H and O–H groups in total. The lowest BCUT2D eigenvalue weighted by molar-refractivity contribution is -0.145. The maximum Gasteiger partial charge on any atom is 0.226 e. The number of carbonyl (C=O) groups is 2. The maximum absolute atomic E-state index is 13.0. The molecule has 5 heteroatoms. The molecule has 1 heterocycles. The highest BCUT2D eigenvalue weighted by atomic mass is 35.5. The average Bonchev–Trinajstić information content (AvgIpc) is 2.60. The number of rotatable bonds is 2. The van der Waals surface area contributed by atoms with Gasteiger partial charge >= 0.3 is 0 Å². The first-order chi connectivity index (χ1) is 10.5. The molecule has 4 aliphatic carbocycles. The monoisotopic (exact) mass is 324 g/mol. The summed E-state index contributed by atoms with van der Waals surface area (Å²) in [5.41, 5.74) is -0.255. The third-order valence-electron chi connectivity index (χ3n) is 6.29. The van der Waals surface area contributed by atoms with Crippen molar-refractivity contribution in [3.63, 3.8) is 0 Å². The minimum Gasteiger partial charge on any atom is -0.356 e. The molecule has 4 nitrogen and oxygen atoms in total. The SMILES string of the molecule is O=C1C[C@@H](NC(=O)C23CC4CC(CC(Cl)(C4)C2)C3)CCCN1. The Hall–Kier alpha value is -0.770. The van der Waals surface area contributed by atoms with E-state index >= 15 is 0 Å². The second kappa shape index (κ2) is 5.12. The Balaban J connectivity index is 1.49. The van der Waals surface area contributed by atoms with Gasteiger partial charge < -0.3 is 10.6 Å². The Labute approximate surface area is 136 Å². The van der Waals surface area contributed by atoms with Crippen LogP contribution in [0.15, 0.2) is 0 Å². The Morgan fingerprint density at radius 3 is 2.64 bits per heavy atom. The van der Waals surface area contributed by atoms with Crippen LogP contribution in [0.1, 0.15) is 57.8 Å². The van der Waals surface area contributed by atoms with Crippen LogP contribution in [0.25, 0.3) is 0 Å². The minimum atomic E-state index is -0.255. The van der Waals surface area contributed by atoms with Crippen LogP contribution in [0.3, 0.4) is 0 Å². The zero-order valence-corrected chi connectivity index (χ0v) is 13.8. The van der Waals surface area contributed by atoms with Crippen molar-refractivity contribution in [1.29, 1.82) is 0 Å². The summed E-state index contributed by atoms with van der Waals surface area (Å²) >= 11 is 6.81. The van der Waals surface area contributed by atoms with Crippen LogP contribution in [-0.2, 0) is 9.59 Å². The molecular weight excluding hydrogens is 300 g/mol. The van der Waals surface area contributed by atoms with Crippen LogP contribution in [0.2, 0.25) is 0 Å². The summed E-state index contributed by atoms with van der Waals surface area (Å²) < 4.78 is 0.